The minimum Gasteiger partial charge on any atom is -0.478 e. The van der Waals surface area contributed by atoms with Gasteiger partial charge in [0.1, 0.15) is 5.75 Å². The van der Waals surface area contributed by atoms with Crippen molar-refractivity contribution in [2.24, 2.45) is 0 Å². The molecule has 0 heterocycles. The molecule has 1 aromatic rings. The van der Waals surface area contributed by atoms with Crippen LogP contribution in [0.4, 0.5) is 0 Å². The fourth-order valence-electron chi connectivity index (χ4n) is 1.16. The molecule has 0 amide bonds. The quantitative estimate of drug-likeness (QED) is 0.554. The van der Waals surface area contributed by atoms with E-state index in [-0.39, 0.29) is 11.9 Å². The number of ketones is 1. The summed E-state index contributed by atoms with van der Waals surface area (Å²) in [6.07, 6.45) is 5.45. The van der Waals surface area contributed by atoms with E-state index in [1.54, 1.807) is 31.2 Å². The van der Waals surface area contributed by atoms with Crippen LogP contribution < -0.4 is 4.74 Å². The van der Waals surface area contributed by atoms with Crippen LogP contribution in [0.2, 0.25) is 0 Å². The third-order valence-corrected chi connectivity index (χ3v) is 2.04. The summed E-state index contributed by atoms with van der Waals surface area (Å²) in [6.45, 7) is 3.64. The number of Topliss-reactive ketones (excluding diaryl/α,β-unsaturated/α-hetero) is 1. The zero-order chi connectivity index (χ0) is 11.3. The van der Waals surface area contributed by atoms with Gasteiger partial charge in [-0.05, 0) is 31.2 Å². The van der Waals surface area contributed by atoms with Gasteiger partial charge in [0.05, 0.1) is 0 Å². The van der Waals surface area contributed by atoms with Gasteiger partial charge in [0.2, 0.25) is 0 Å². The Kier molecular flexibility index (Phi) is 3.93. The maximum atomic E-state index is 11.3. The Morgan fingerprint density at radius 1 is 1.47 bits per heavy atom. The van der Waals surface area contributed by atoms with Crippen molar-refractivity contribution in [2.75, 3.05) is 0 Å². The lowest BCUT2D eigenvalue weighted by Crippen LogP contribution is -2.08. The number of hydrogen-bond donors (Lipinski definition) is 0. The highest BCUT2D eigenvalue weighted by Crippen LogP contribution is 2.14. The van der Waals surface area contributed by atoms with Gasteiger partial charge in [-0.15, -0.1) is 6.42 Å². The topological polar surface area (TPSA) is 26.3 Å². The van der Waals surface area contributed by atoms with Crippen LogP contribution in [0, 0.1) is 12.3 Å². The van der Waals surface area contributed by atoms with Crippen molar-refractivity contribution < 1.29 is 9.53 Å². The molecule has 0 saturated carbocycles. The van der Waals surface area contributed by atoms with E-state index in [2.05, 4.69) is 5.92 Å². The second-order valence-electron chi connectivity index (χ2n) is 3.23. The Balaban J connectivity index is 2.73. The van der Waals surface area contributed by atoms with Gasteiger partial charge in [-0.1, -0.05) is 12.8 Å². The first-order chi connectivity index (χ1) is 7.17. The number of ether oxygens (including phenoxy) is 1. The first-order valence-corrected chi connectivity index (χ1v) is 4.93. The van der Waals surface area contributed by atoms with E-state index in [1.165, 1.54) is 0 Å². The number of carbonyl (C=O) groups excluding carboxylic acids is 1. The molecule has 2 heteroatoms. The fourth-order valence-corrected chi connectivity index (χ4v) is 1.16. The van der Waals surface area contributed by atoms with E-state index in [1.807, 2.05) is 6.92 Å². The van der Waals surface area contributed by atoms with Gasteiger partial charge in [-0.3, -0.25) is 4.79 Å². The second kappa shape index (κ2) is 5.21. The standard InChI is InChI=1S/C13H14O2/c1-4-10(3)15-12-8-6-11(7-9-12)13(14)5-2/h1,6-10H,5H2,2-3H3. The van der Waals surface area contributed by atoms with E-state index >= 15 is 0 Å². The Morgan fingerprint density at radius 2 is 2.07 bits per heavy atom. The Hall–Kier alpha value is -1.75. The highest BCUT2D eigenvalue weighted by Gasteiger charge is 2.03. The molecule has 0 fully saturated rings. The Labute approximate surface area is 90.3 Å². The van der Waals surface area contributed by atoms with Crippen molar-refractivity contribution in [1.29, 1.82) is 0 Å². The zero-order valence-corrected chi connectivity index (χ0v) is 8.99. The lowest BCUT2D eigenvalue weighted by Gasteiger charge is -2.08. The minimum absolute atomic E-state index is 0.131. The lowest BCUT2D eigenvalue weighted by atomic mass is 10.1. The fraction of sp³-hybridized carbons (Fsp3) is 0.308. The molecule has 0 aromatic heterocycles. The van der Waals surface area contributed by atoms with E-state index in [9.17, 15) is 4.79 Å². The van der Waals surface area contributed by atoms with Gasteiger partial charge < -0.3 is 4.74 Å². The highest BCUT2D eigenvalue weighted by molar-refractivity contribution is 5.95. The molecule has 0 N–H and O–H groups in total. The summed E-state index contributed by atoms with van der Waals surface area (Å²) in [5.74, 6) is 3.29. The molecule has 1 atom stereocenters. The second-order valence-corrected chi connectivity index (χ2v) is 3.23. The molecule has 15 heavy (non-hydrogen) atoms. The normalized spacial score (nSPS) is 11.5. The Bertz CT molecular complexity index is 371. The number of benzene rings is 1. The molecule has 1 rings (SSSR count). The van der Waals surface area contributed by atoms with Crippen molar-refractivity contribution in [1.82, 2.24) is 0 Å². The van der Waals surface area contributed by atoms with Gasteiger partial charge in [-0.25, -0.2) is 0 Å². The van der Waals surface area contributed by atoms with Gasteiger partial charge in [0.25, 0.3) is 0 Å². The number of rotatable bonds is 4. The van der Waals surface area contributed by atoms with Crippen LogP contribution in [-0.2, 0) is 0 Å². The third-order valence-electron chi connectivity index (χ3n) is 2.04. The maximum Gasteiger partial charge on any atom is 0.162 e. The van der Waals surface area contributed by atoms with Crippen LogP contribution in [0.1, 0.15) is 30.6 Å². The molecule has 1 unspecified atom stereocenters. The average Bonchev–Trinajstić information content (AvgIpc) is 2.29. The average molecular weight is 202 g/mol. The summed E-state index contributed by atoms with van der Waals surface area (Å²) >= 11 is 0. The van der Waals surface area contributed by atoms with Crippen molar-refractivity contribution in [2.45, 2.75) is 26.4 Å². The van der Waals surface area contributed by atoms with E-state index < -0.39 is 0 Å². The molecule has 1 aromatic carbocycles. The predicted octanol–water partition coefficient (Wildman–Crippen LogP) is 2.68. The smallest absolute Gasteiger partial charge is 0.162 e. The van der Waals surface area contributed by atoms with E-state index in [0.717, 1.165) is 0 Å². The molecule has 0 bridgehead atoms. The summed E-state index contributed by atoms with van der Waals surface area (Å²) in [5, 5.41) is 0. The van der Waals surface area contributed by atoms with Gasteiger partial charge >= 0.3 is 0 Å². The third kappa shape index (κ3) is 3.14. The summed E-state index contributed by atoms with van der Waals surface area (Å²) in [6, 6.07) is 7.03. The predicted molar refractivity (Wildman–Crippen MR) is 60.0 cm³/mol. The van der Waals surface area contributed by atoms with Crippen LogP contribution in [-0.4, -0.2) is 11.9 Å². The van der Waals surface area contributed by atoms with Crippen LogP contribution in [0.15, 0.2) is 24.3 Å². The van der Waals surface area contributed by atoms with Gasteiger partial charge in [-0.2, -0.15) is 0 Å². The number of carbonyl (C=O) groups is 1. The van der Waals surface area contributed by atoms with Crippen LogP contribution >= 0.6 is 0 Å². The molecule has 0 spiro atoms. The van der Waals surface area contributed by atoms with Crippen molar-refractivity contribution in [3.8, 4) is 18.1 Å². The Morgan fingerprint density at radius 3 is 2.53 bits per heavy atom. The summed E-state index contributed by atoms with van der Waals surface area (Å²) in [7, 11) is 0. The summed E-state index contributed by atoms with van der Waals surface area (Å²) in [5.41, 5.74) is 0.707. The zero-order valence-electron chi connectivity index (χ0n) is 8.99. The van der Waals surface area contributed by atoms with Crippen LogP contribution in [0.25, 0.3) is 0 Å². The van der Waals surface area contributed by atoms with Crippen LogP contribution in [0.5, 0.6) is 5.75 Å². The molecule has 0 aliphatic rings. The summed E-state index contributed by atoms with van der Waals surface area (Å²) < 4.78 is 5.38. The van der Waals surface area contributed by atoms with Crippen molar-refractivity contribution >= 4 is 5.78 Å². The number of terminal acetylenes is 1. The highest BCUT2D eigenvalue weighted by atomic mass is 16.5. The first-order valence-electron chi connectivity index (χ1n) is 4.93. The molecule has 0 aliphatic heterocycles. The monoisotopic (exact) mass is 202 g/mol. The molecular weight excluding hydrogens is 188 g/mol. The number of hydrogen-bond acceptors (Lipinski definition) is 2. The molecule has 78 valence electrons. The minimum atomic E-state index is -0.252. The van der Waals surface area contributed by atoms with E-state index in [0.29, 0.717) is 17.7 Å². The van der Waals surface area contributed by atoms with E-state index in [4.69, 9.17) is 11.2 Å². The van der Waals surface area contributed by atoms with Crippen molar-refractivity contribution in [3.63, 3.8) is 0 Å². The summed E-state index contributed by atoms with van der Waals surface area (Å²) in [4.78, 5) is 11.3. The van der Waals surface area contributed by atoms with Gasteiger partial charge in [0, 0.05) is 12.0 Å². The van der Waals surface area contributed by atoms with Gasteiger partial charge in [0.15, 0.2) is 11.9 Å². The van der Waals surface area contributed by atoms with Crippen LogP contribution in [0.3, 0.4) is 0 Å². The largest absolute Gasteiger partial charge is 0.478 e. The SMILES string of the molecule is C#CC(C)Oc1ccc(C(=O)CC)cc1. The van der Waals surface area contributed by atoms with Crippen molar-refractivity contribution in [3.05, 3.63) is 29.8 Å². The molecule has 2 nitrogen and oxygen atoms in total. The maximum absolute atomic E-state index is 11.3. The molecule has 0 aliphatic carbocycles. The molecule has 0 radical (unpaired) electrons. The first kappa shape index (κ1) is 11.3. The lowest BCUT2D eigenvalue weighted by molar-refractivity contribution is 0.0988. The molecule has 0 saturated heterocycles. The molecular formula is C13H14O2.